The lowest BCUT2D eigenvalue weighted by Crippen LogP contribution is -2.26. The summed E-state index contributed by atoms with van der Waals surface area (Å²) in [5, 5.41) is 1.88. The molecule has 1 aromatic heterocycles. The second kappa shape index (κ2) is 6.70. The molecule has 0 fully saturated rings. The van der Waals surface area contributed by atoms with E-state index >= 15 is 0 Å². The molecule has 1 unspecified atom stereocenters. The van der Waals surface area contributed by atoms with Crippen LogP contribution in [-0.4, -0.2) is 35.2 Å². The summed E-state index contributed by atoms with van der Waals surface area (Å²) in [6.45, 7) is 1.76. The van der Waals surface area contributed by atoms with Crippen molar-refractivity contribution in [3.05, 3.63) is 46.7 Å². The van der Waals surface area contributed by atoms with Crippen molar-refractivity contribution >= 4 is 31.4 Å². The van der Waals surface area contributed by atoms with Gasteiger partial charge in [0.05, 0.1) is 15.8 Å². The third kappa shape index (κ3) is 3.99. The summed E-state index contributed by atoms with van der Waals surface area (Å²) < 4.78 is 52.4. The van der Waals surface area contributed by atoms with Gasteiger partial charge in [0.1, 0.15) is 0 Å². The number of nitrogens with one attached hydrogen (secondary N) is 1. The Morgan fingerprint density at radius 1 is 1.00 bits per heavy atom. The smallest absolute Gasteiger partial charge is 0.207 e. The maximum Gasteiger partial charge on any atom is 0.242 e. The second-order valence-electron chi connectivity index (χ2n) is 5.12. The van der Waals surface area contributed by atoms with Gasteiger partial charge in [-0.15, -0.1) is 11.3 Å². The zero-order valence-corrected chi connectivity index (χ0v) is 15.4. The van der Waals surface area contributed by atoms with E-state index < -0.39 is 20.0 Å². The Morgan fingerprint density at radius 2 is 1.57 bits per heavy atom. The van der Waals surface area contributed by atoms with Crippen LogP contribution < -0.4 is 4.72 Å². The summed E-state index contributed by atoms with van der Waals surface area (Å²) >= 11 is 1.46. The van der Waals surface area contributed by atoms with Crippen LogP contribution in [0, 0.1) is 0 Å². The molecule has 0 saturated carbocycles. The lowest BCUT2D eigenvalue weighted by atomic mass is 10.3. The quantitative estimate of drug-likeness (QED) is 0.839. The molecule has 1 aromatic carbocycles. The van der Waals surface area contributed by atoms with E-state index in [9.17, 15) is 16.8 Å². The lowest BCUT2D eigenvalue weighted by Gasteiger charge is -2.14. The van der Waals surface area contributed by atoms with Crippen LogP contribution in [0.3, 0.4) is 0 Å². The van der Waals surface area contributed by atoms with E-state index in [0.717, 1.165) is 9.18 Å². The molecule has 0 radical (unpaired) electrons. The van der Waals surface area contributed by atoms with Crippen LogP contribution in [0.1, 0.15) is 17.8 Å². The molecule has 9 heteroatoms. The molecule has 0 aliphatic carbocycles. The summed E-state index contributed by atoms with van der Waals surface area (Å²) in [6, 6.07) is 8.51. The van der Waals surface area contributed by atoms with E-state index in [1.54, 1.807) is 6.92 Å². The van der Waals surface area contributed by atoms with Gasteiger partial charge in [0.25, 0.3) is 0 Å². The van der Waals surface area contributed by atoms with Crippen molar-refractivity contribution < 1.29 is 16.8 Å². The molecule has 0 bridgehead atoms. The maximum atomic E-state index is 12.4. The highest BCUT2D eigenvalue weighted by atomic mass is 32.2. The average molecular weight is 375 g/mol. The molecule has 0 aliphatic heterocycles. The van der Waals surface area contributed by atoms with Crippen molar-refractivity contribution in [1.82, 2.24) is 9.03 Å². The summed E-state index contributed by atoms with van der Waals surface area (Å²) in [7, 11) is -4.46. The fourth-order valence-corrected chi connectivity index (χ4v) is 4.83. The van der Waals surface area contributed by atoms with Gasteiger partial charge in [0, 0.05) is 19.0 Å². The third-order valence-electron chi connectivity index (χ3n) is 3.21. The van der Waals surface area contributed by atoms with Crippen LogP contribution in [-0.2, 0) is 20.0 Å². The Bertz CT molecular complexity index is 855. The standard InChI is InChI=1S/C14H18N2O4S3/c1-11(14-5-4-10-21-14)15-22(17,18)12-6-8-13(9-7-12)23(19,20)16(2)3/h4-11,15H,1-3H3. The van der Waals surface area contributed by atoms with Crippen molar-refractivity contribution in [2.24, 2.45) is 0 Å². The zero-order chi connectivity index (χ0) is 17.3. The summed E-state index contributed by atoms with van der Waals surface area (Å²) in [5.74, 6) is 0. The minimum atomic E-state index is -3.72. The predicted molar refractivity (Wildman–Crippen MR) is 90.4 cm³/mol. The van der Waals surface area contributed by atoms with Crippen molar-refractivity contribution in [2.45, 2.75) is 22.8 Å². The first-order valence-corrected chi connectivity index (χ1v) is 10.5. The van der Waals surface area contributed by atoms with E-state index in [4.69, 9.17) is 0 Å². The minimum Gasteiger partial charge on any atom is -0.207 e. The lowest BCUT2D eigenvalue weighted by molar-refractivity contribution is 0.520. The zero-order valence-electron chi connectivity index (χ0n) is 12.9. The van der Waals surface area contributed by atoms with Gasteiger partial charge in [0.15, 0.2) is 0 Å². The van der Waals surface area contributed by atoms with Crippen molar-refractivity contribution in [3.8, 4) is 0 Å². The Morgan fingerprint density at radius 3 is 2.04 bits per heavy atom. The number of nitrogens with zero attached hydrogens (tertiary/aromatic N) is 1. The van der Waals surface area contributed by atoms with Crippen LogP contribution in [0.25, 0.3) is 0 Å². The van der Waals surface area contributed by atoms with Crippen LogP contribution in [0.4, 0.5) is 0 Å². The number of rotatable bonds is 6. The Labute approximate surface area is 140 Å². The number of hydrogen-bond donors (Lipinski definition) is 1. The first kappa shape index (κ1) is 18.1. The maximum absolute atomic E-state index is 12.4. The van der Waals surface area contributed by atoms with Gasteiger partial charge in [-0.1, -0.05) is 6.07 Å². The Hall–Kier alpha value is -1.26. The summed E-state index contributed by atoms with van der Waals surface area (Å²) in [6.07, 6.45) is 0. The molecule has 6 nitrogen and oxygen atoms in total. The van der Waals surface area contributed by atoms with Crippen LogP contribution in [0.5, 0.6) is 0 Å². The van der Waals surface area contributed by atoms with Crippen LogP contribution in [0.15, 0.2) is 51.6 Å². The van der Waals surface area contributed by atoms with Gasteiger partial charge in [0.2, 0.25) is 20.0 Å². The molecule has 0 spiro atoms. The Kier molecular flexibility index (Phi) is 5.27. The predicted octanol–water partition coefficient (Wildman–Crippen LogP) is 2.04. The summed E-state index contributed by atoms with van der Waals surface area (Å²) in [4.78, 5) is 0.978. The molecule has 0 saturated heterocycles. The number of hydrogen-bond acceptors (Lipinski definition) is 5. The summed E-state index contributed by atoms with van der Waals surface area (Å²) in [5.41, 5.74) is 0. The van der Waals surface area contributed by atoms with Crippen LogP contribution >= 0.6 is 11.3 Å². The van der Waals surface area contributed by atoms with E-state index in [1.165, 1.54) is 49.7 Å². The van der Waals surface area contributed by atoms with Gasteiger partial charge in [-0.05, 0) is 42.6 Å². The normalized spacial score (nSPS) is 14.1. The van der Waals surface area contributed by atoms with Gasteiger partial charge in [-0.2, -0.15) is 0 Å². The number of sulfonamides is 2. The van der Waals surface area contributed by atoms with Gasteiger partial charge >= 0.3 is 0 Å². The fourth-order valence-electron chi connectivity index (χ4n) is 1.90. The minimum absolute atomic E-state index is 0.0265. The second-order valence-corrected chi connectivity index (χ2v) is 9.96. The molecule has 2 rings (SSSR count). The molecule has 1 heterocycles. The van der Waals surface area contributed by atoms with Crippen molar-refractivity contribution in [3.63, 3.8) is 0 Å². The van der Waals surface area contributed by atoms with E-state index in [2.05, 4.69) is 4.72 Å². The topological polar surface area (TPSA) is 83.5 Å². The fraction of sp³-hybridized carbons (Fsp3) is 0.286. The monoisotopic (exact) mass is 374 g/mol. The van der Waals surface area contributed by atoms with Crippen LogP contribution in [0.2, 0.25) is 0 Å². The first-order chi connectivity index (χ1) is 10.6. The largest absolute Gasteiger partial charge is 0.242 e. The molecular formula is C14H18N2O4S3. The number of thiophene rings is 1. The molecule has 2 aromatic rings. The van der Waals surface area contributed by atoms with Gasteiger partial charge in [-0.25, -0.2) is 25.9 Å². The number of benzene rings is 1. The van der Waals surface area contributed by atoms with Crippen molar-refractivity contribution in [2.75, 3.05) is 14.1 Å². The van der Waals surface area contributed by atoms with Gasteiger partial charge < -0.3 is 0 Å². The Balaban J connectivity index is 2.24. The highest BCUT2D eigenvalue weighted by Crippen LogP contribution is 2.22. The molecular weight excluding hydrogens is 356 g/mol. The molecule has 1 atom stereocenters. The first-order valence-electron chi connectivity index (χ1n) is 6.73. The van der Waals surface area contributed by atoms with Crippen molar-refractivity contribution in [1.29, 1.82) is 0 Å². The van der Waals surface area contributed by atoms with Gasteiger partial charge in [-0.3, -0.25) is 0 Å². The molecule has 0 amide bonds. The molecule has 126 valence electrons. The molecule has 0 aliphatic rings. The average Bonchev–Trinajstić information content (AvgIpc) is 3.01. The molecule has 23 heavy (non-hydrogen) atoms. The molecule has 1 N–H and O–H groups in total. The van der Waals surface area contributed by atoms with E-state index in [-0.39, 0.29) is 15.8 Å². The van der Waals surface area contributed by atoms with E-state index in [0.29, 0.717) is 0 Å². The highest BCUT2D eigenvalue weighted by molar-refractivity contribution is 7.89. The SMILES string of the molecule is CC(NS(=O)(=O)c1ccc(S(=O)(=O)N(C)C)cc1)c1cccs1. The van der Waals surface area contributed by atoms with E-state index in [1.807, 2.05) is 17.5 Å². The highest BCUT2D eigenvalue weighted by Gasteiger charge is 2.21. The third-order valence-corrected chi connectivity index (χ3v) is 7.66.